The third-order valence-corrected chi connectivity index (χ3v) is 2.16. The fourth-order valence-electron chi connectivity index (χ4n) is 1.46. The van der Waals surface area contributed by atoms with Crippen LogP contribution in [0.1, 0.15) is 13.3 Å². The van der Waals surface area contributed by atoms with Gasteiger partial charge in [-0.2, -0.15) is 0 Å². The van der Waals surface area contributed by atoms with Gasteiger partial charge >= 0.3 is 0 Å². The molecular weight excluding hydrogens is 142 g/mol. The zero-order chi connectivity index (χ0) is 8.27. The number of nitrogens with one attached hydrogen (secondary N) is 1. The molecule has 0 amide bonds. The molecule has 0 bridgehead atoms. The van der Waals surface area contributed by atoms with E-state index < -0.39 is 0 Å². The van der Waals surface area contributed by atoms with Crippen molar-refractivity contribution in [2.45, 2.75) is 19.4 Å². The van der Waals surface area contributed by atoms with Crippen molar-refractivity contribution in [3.63, 3.8) is 0 Å². The first-order valence-electron chi connectivity index (χ1n) is 3.96. The van der Waals surface area contributed by atoms with Crippen LogP contribution in [0, 0.1) is 5.92 Å². The fraction of sp³-hybridized carbons (Fsp3) is 0.875. The van der Waals surface area contributed by atoms with Gasteiger partial charge in [-0.05, 0) is 13.3 Å². The minimum absolute atomic E-state index is 0.218. The Hall–Kier alpha value is -0.410. The maximum atomic E-state index is 10.9. The van der Waals surface area contributed by atoms with E-state index in [1.54, 1.807) is 14.0 Å². The van der Waals surface area contributed by atoms with Gasteiger partial charge in [-0.15, -0.1) is 0 Å². The smallest absolute Gasteiger partial charge is 0.134 e. The second-order valence-electron chi connectivity index (χ2n) is 3.10. The van der Waals surface area contributed by atoms with E-state index in [9.17, 15) is 4.79 Å². The highest BCUT2D eigenvalue weighted by molar-refractivity contribution is 5.78. The number of carbonyl (C=O) groups is 1. The van der Waals surface area contributed by atoms with Crippen LogP contribution in [-0.2, 0) is 9.53 Å². The summed E-state index contributed by atoms with van der Waals surface area (Å²) in [5.74, 6) is 0.506. The molecule has 0 saturated carbocycles. The molecule has 3 heteroatoms. The molecule has 0 aromatic carbocycles. The number of carbonyl (C=O) groups excluding carboxylic acids is 1. The van der Waals surface area contributed by atoms with Gasteiger partial charge < -0.3 is 10.1 Å². The Labute approximate surface area is 67.1 Å². The summed E-state index contributed by atoms with van der Waals surface area (Å²) in [5.41, 5.74) is 0. The Morgan fingerprint density at radius 3 is 2.91 bits per heavy atom. The molecule has 0 aliphatic carbocycles. The fourth-order valence-corrected chi connectivity index (χ4v) is 1.46. The molecule has 1 aliphatic rings. The molecule has 11 heavy (non-hydrogen) atoms. The standard InChI is InChI=1S/C8H15NO2/c1-6(10)7-3-8(5-11-2)9-4-7/h7-9H,3-5H2,1-2H3/t7-,8+/m0/s1. The monoisotopic (exact) mass is 157 g/mol. The molecular formula is C8H15NO2. The van der Waals surface area contributed by atoms with E-state index in [1.807, 2.05) is 0 Å². The highest BCUT2D eigenvalue weighted by atomic mass is 16.5. The lowest BCUT2D eigenvalue weighted by Crippen LogP contribution is -2.25. The Morgan fingerprint density at radius 2 is 2.45 bits per heavy atom. The number of hydrogen-bond acceptors (Lipinski definition) is 3. The predicted octanol–water partition coefficient (Wildman–Crippen LogP) is 0.200. The van der Waals surface area contributed by atoms with E-state index in [0.29, 0.717) is 12.6 Å². The first kappa shape index (κ1) is 8.68. The summed E-state index contributed by atoms with van der Waals surface area (Å²) in [7, 11) is 1.68. The second-order valence-corrected chi connectivity index (χ2v) is 3.10. The first-order chi connectivity index (χ1) is 5.24. The van der Waals surface area contributed by atoms with Crippen LogP contribution in [0.5, 0.6) is 0 Å². The minimum atomic E-state index is 0.218. The number of rotatable bonds is 3. The molecule has 0 aromatic heterocycles. The Balaban J connectivity index is 2.29. The summed E-state index contributed by atoms with van der Waals surface area (Å²) in [5, 5.41) is 3.24. The zero-order valence-corrected chi connectivity index (χ0v) is 7.09. The van der Waals surface area contributed by atoms with Gasteiger partial charge in [0.1, 0.15) is 5.78 Å². The van der Waals surface area contributed by atoms with E-state index in [4.69, 9.17) is 4.74 Å². The van der Waals surface area contributed by atoms with E-state index in [0.717, 1.165) is 13.0 Å². The number of methoxy groups -OCH3 is 1. The van der Waals surface area contributed by atoms with Crippen LogP contribution in [0.4, 0.5) is 0 Å². The lowest BCUT2D eigenvalue weighted by atomic mass is 10.0. The molecule has 1 rings (SSSR count). The number of Topliss-reactive ketones (excluding diaryl/α,β-unsaturated/α-hetero) is 1. The van der Waals surface area contributed by atoms with Crippen LogP contribution < -0.4 is 5.32 Å². The van der Waals surface area contributed by atoms with Crippen molar-refractivity contribution in [2.24, 2.45) is 5.92 Å². The molecule has 0 radical (unpaired) electrons. The van der Waals surface area contributed by atoms with Crippen LogP contribution in [0.3, 0.4) is 0 Å². The molecule has 1 N–H and O–H groups in total. The van der Waals surface area contributed by atoms with Crippen LogP contribution in [-0.4, -0.2) is 32.1 Å². The summed E-state index contributed by atoms with van der Waals surface area (Å²) < 4.78 is 4.98. The van der Waals surface area contributed by atoms with Gasteiger partial charge in [0.05, 0.1) is 6.61 Å². The topological polar surface area (TPSA) is 38.3 Å². The van der Waals surface area contributed by atoms with Gasteiger partial charge in [-0.25, -0.2) is 0 Å². The van der Waals surface area contributed by atoms with Crippen molar-refractivity contribution in [2.75, 3.05) is 20.3 Å². The van der Waals surface area contributed by atoms with Crippen molar-refractivity contribution in [1.29, 1.82) is 0 Å². The average molecular weight is 157 g/mol. The van der Waals surface area contributed by atoms with Gasteiger partial charge in [0.15, 0.2) is 0 Å². The zero-order valence-electron chi connectivity index (χ0n) is 7.09. The number of hydrogen-bond donors (Lipinski definition) is 1. The molecule has 3 nitrogen and oxygen atoms in total. The van der Waals surface area contributed by atoms with Crippen molar-refractivity contribution in [1.82, 2.24) is 5.32 Å². The van der Waals surface area contributed by atoms with Gasteiger partial charge in [-0.3, -0.25) is 4.79 Å². The van der Waals surface area contributed by atoms with Crippen molar-refractivity contribution >= 4 is 5.78 Å². The molecule has 2 atom stereocenters. The first-order valence-corrected chi connectivity index (χ1v) is 3.96. The molecule has 0 unspecified atom stereocenters. The summed E-state index contributed by atoms with van der Waals surface area (Å²) in [6, 6.07) is 0.383. The third-order valence-electron chi connectivity index (χ3n) is 2.16. The highest BCUT2D eigenvalue weighted by Gasteiger charge is 2.26. The summed E-state index contributed by atoms with van der Waals surface area (Å²) in [4.78, 5) is 10.9. The van der Waals surface area contributed by atoms with Crippen molar-refractivity contribution in [3.05, 3.63) is 0 Å². The summed E-state index contributed by atoms with van der Waals surface area (Å²) in [6.45, 7) is 3.19. The molecule has 1 heterocycles. The van der Waals surface area contributed by atoms with Gasteiger partial charge in [-0.1, -0.05) is 0 Å². The quantitative estimate of drug-likeness (QED) is 0.636. The van der Waals surface area contributed by atoms with Crippen LogP contribution in [0.25, 0.3) is 0 Å². The van der Waals surface area contributed by atoms with Crippen LogP contribution in [0.2, 0.25) is 0 Å². The molecule has 0 spiro atoms. The SMILES string of the molecule is COC[C@H]1C[C@H](C(C)=O)CN1. The largest absolute Gasteiger partial charge is 0.383 e. The Morgan fingerprint density at radius 1 is 1.73 bits per heavy atom. The molecule has 1 fully saturated rings. The van der Waals surface area contributed by atoms with E-state index >= 15 is 0 Å². The lowest BCUT2D eigenvalue weighted by molar-refractivity contribution is -0.120. The summed E-state index contributed by atoms with van der Waals surface area (Å²) in [6.07, 6.45) is 0.934. The third kappa shape index (κ3) is 2.27. The highest BCUT2D eigenvalue weighted by Crippen LogP contribution is 2.14. The molecule has 64 valence electrons. The van der Waals surface area contributed by atoms with Gasteiger partial charge in [0.25, 0.3) is 0 Å². The normalized spacial score (nSPS) is 30.7. The maximum Gasteiger partial charge on any atom is 0.134 e. The van der Waals surface area contributed by atoms with Gasteiger partial charge in [0.2, 0.25) is 0 Å². The van der Waals surface area contributed by atoms with Crippen LogP contribution in [0.15, 0.2) is 0 Å². The van der Waals surface area contributed by atoms with E-state index in [-0.39, 0.29) is 11.7 Å². The van der Waals surface area contributed by atoms with Crippen LogP contribution >= 0.6 is 0 Å². The predicted molar refractivity (Wildman–Crippen MR) is 42.5 cm³/mol. The molecule has 0 aromatic rings. The Kier molecular flexibility index (Phi) is 3.02. The number of ether oxygens (including phenoxy) is 1. The minimum Gasteiger partial charge on any atom is -0.383 e. The average Bonchev–Trinajstić information content (AvgIpc) is 2.37. The number of ketones is 1. The maximum absolute atomic E-state index is 10.9. The van der Waals surface area contributed by atoms with Crippen molar-refractivity contribution < 1.29 is 9.53 Å². The lowest BCUT2D eigenvalue weighted by Gasteiger charge is -2.06. The second kappa shape index (κ2) is 3.83. The molecule has 1 saturated heterocycles. The summed E-state index contributed by atoms with van der Waals surface area (Å²) >= 11 is 0. The van der Waals surface area contributed by atoms with Crippen molar-refractivity contribution in [3.8, 4) is 0 Å². The Bertz CT molecular complexity index is 147. The van der Waals surface area contributed by atoms with E-state index in [1.165, 1.54) is 0 Å². The van der Waals surface area contributed by atoms with E-state index in [2.05, 4.69) is 5.32 Å². The molecule has 1 aliphatic heterocycles. The van der Waals surface area contributed by atoms with Gasteiger partial charge in [0, 0.05) is 25.6 Å².